The van der Waals surface area contributed by atoms with Crippen molar-refractivity contribution in [2.75, 3.05) is 19.7 Å². The number of rotatable bonds is 1. The predicted octanol–water partition coefficient (Wildman–Crippen LogP) is 0.553. The Morgan fingerprint density at radius 3 is 3.00 bits per heavy atom. The van der Waals surface area contributed by atoms with Crippen LogP contribution in [0.5, 0.6) is 0 Å². The summed E-state index contributed by atoms with van der Waals surface area (Å²) < 4.78 is 5.77. The summed E-state index contributed by atoms with van der Waals surface area (Å²) in [5, 5.41) is 10.3. The van der Waals surface area contributed by atoms with Crippen molar-refractivity contribution in [3.8, 4) is 0 Å². The van der Waals surface area contributed by atoms with Crippen molar-refractivity contribution in [3.05, 3.63) is 17.5 Å². The third kappa shape index (κ3) is 1.47. The van der Waals surface area contributed by atoms with Crippen LogP contribution in [0.4, 0.5) is 0 Å². The maximum absolute atomic E-state index is 5.77. The van der Waals surface area contributed by atoms with Gasteiger partial charge in [0, 0.05) is 24.3 Å². The minimum atomic E-state index is -0.213. The van der Waals surface area contributed by atoms with Crippen LogP contribution < -0.4 is 5.32 Å². The van der Waals surface area contributed by atoms with Crippen molar-refractivity contribution >= 4 is 0 Å². The Morgan fingerprint density at radius 1 is 1.62 bits per heavy atom. The minimum Gasteiger partial charge on any atom is -0.368 e. The van der Waals surface area contributed by atoms with Crippen LogP contribution >= 0.6 is 0 Å². The van der Waals surface area contributed by atoms with Crippen LogP contribution in [0, 0.1) is 6.92 Å². The molecular formula is C9H15N3O. The van der Waals surface area contributed by atoms with Crippen LogP contribution in [0.3, 0.4) is 0 Å². The topological polar surface area (TPSA) is 49.9 Å². The number of hydrogen-bond acceptors (Lipinski definition) is 3. The molecule has 2 N–H and O–H groups in total. The number of nitrogens with zero attached hydrogens (tertiary/aromatic N) is 1. The van der Waals surface area contributed by atoms with Crippen LogP contribution in [0.1, 0.15) is 18.2 Å². The van der Waals surface area contributed by atoms with Gasteiger partial charge in [-0.2, -0.15) is 5.10 Å². The highest BCUT2D eigenvalue weighted by atomic mass is 16.5. The summed E-state index contributed by atoms with van der Waals surface area (Å²) in [4.78, 5) is 0. The molecule has 1 aliphatic rings. The lowest BCUT2D eigenvalue weighted by Crippen LogP contribution is -2.45. The van der Waals surface area contributed by atoms with E-state index in [0.29, 0.717) is 0 Å². The molecule has 1 atom stereocenters. The molecule has 72 valence electrons. The van der Waals surface area contributed by atoms with Gasteiger partial charge in [-0.15, -0.1) is 0 Å². The van der Waals surface area contributed by atoms with E-state index in [1.165, 1.54) is 0 Å². The third-order valence-electron chi connectivity index (χ3n) is 2.56. The van der Waals surface area contributed by atoms with Gasteiger partial charge in [0.15, 0.2) is 0 Å². The number of ether oxygens (including phenoxy) is 1. The summed E-state index contributed by atoms with van der Waals surface area (Å²) in [5.41, 5.74) is 2.03. The molecule has 13 heavy (non-hydrogen) atoms. The molecule has 0 bridgehead atoms. The Bertz CT molecular complexity index is 289. The van der Waals surface area contributed by atoms with Gasteiger partial charge in [0.25, 0.3) is 0 Å². The molecule has 1 unspecified atom stereocenters. The molecule has 1 aromatic rings. The first-order valence-electron chi connectivity index (χ1n) is 4.57. The molecule has 2 heterocycles. The highest BCUT2D eigenvalue weighted by molar-refractivity contribution is 5.23. The fourth-order valence-corrected chi connectivity index (χ4v) is 1.78. The summed E-state index contributed by atoms with van der Waals surface area (Å²) in [6, 6.07) is 0. The molecule has 1 aliphatic heterocycles. The Hall–Kier alpha value is -0.870. The average molecular weight is 181 g/mol. The zero-order chi connectivity index (χ0) is 9.31. The fraction of sp³-hybridized carbons (Fsp3) is 0.667. The highest BCUT2D eigenvalue weighted by Gasteiger charge is 2.32. The highest BCUT2D eigenvalue weighted by Crippen LogP contribution is 2.27. The number of morpholine rings is 1. The SMILES string of the molecule is Cc1[nH]ncc1C1(C)CNCCO1. The molecule has 1 fully saturated rings. The fourth-order valence-electron chi connectivity index (χ4n) is 1.78. The Labute approximate surface area is 77.7 Å². The van der Waals surface area contributed by atoms with Gasteiger partial charge in [-0.3, -0.25) is 5.10 Å². The minimum absolute atomic E-state index is 0.213. The van der Waals surface area contributed by atoms with Gasteiger partial charge in [-0.1, -0.05) is 0 Å². The van der Waals surface area contributed by atoms with E-state index in [0.717, 1.165) is 31.0 Å². The van der Waals surface area contributed by atoms with Gasteiger partial charge in [-0.05, 0) is 13.8 Å². The molecule has 1 saturated heterocycles. The van der Waals surface area contributed by atoms with E-state index in [4.69, 9.17) is 4.74 Å². The van der Waals surface area contributed by atoms with Gasteiger partial charge in [0.1, 0.15) is 5.60 Å². The van der Waals surface area contributed by atoms with Crippen molar-refractivity contribution in [2.24, 2.45) is 0 Å². The van der Waals surface area contributed by atoms with Crippen molar-refractivity contribution in [2.45, 2.75) is 19.4 Å². The molecule has 0 amide bonds. The number of H-pyrrole nitrogens is 1. The Morgan fingerprint density at radius 2 is 2.46 bits per heavy atom. The second kappa shape index (κ2) is 3.12. The van der Waals surface area contributed by atoms with E-state index < -0.39 is 0 Å². The number of nitrogens with one attached hydrogen (secondary N) is 2. The molecule has 0 spiro atoms. The van der Waals surface area contributed by atoms with Gasteiger partial charge in [-0.25, -0.2) is 0 Å². The van der Waals surface area contributed by atoms with Crippen LogP contribution in [-0.4, -0.2) is 29.9 Å². The lowest BCUT2D eigenvalue weighted by atomic mass is 9.95. The molecule has 0 aromatic carbocycles. The van der Waals surface area contributed by atoms with Crippen molar-refractivity contribution < 1.29 is 4.74 Å². The summed E-state index contributed by atoms with van der Waals surface area (Å²) in [7, 11) is 0. The van der Waals surface area contributed by atoms with E-state index >= 15 is 0 Å². The molecule has 4 heteroatoms. The molecule has 4 nitrogen and oxygen atoms in total. The summed E-state index contributed by atoms with van der Waals surface area (Å²) in [6.07, 6.45) is 1.85. The van der Waals surface area contributed by atoms with E-state index in [1.54, 1.807) is 0 Å². The number of aryl methyl sites for hydroxylation is 1. The summed E-state index contributed by atoms with van der Waals surface area (Å²) in [5.74, 6) is 0. The second-order valence-electron chi connectivity index (χ2n) is 3.66. The van der Waals surface area contributed by atoms with Crippen molar-refractivity contribution in [3.63, 3.8) is 0 Å². The van der Waals surface area contributed by atoms with Crippen LogP contribution in [0.15, 0.2) is 6.20 Å². The van der Waals surface area contributed by atoms with E-state index in [2.05, 4.69) is 22.4 Å². The molecule has 2 rings (SSSR count). The zero-order valence-electron chi connectivity index (χ0n) is 8.05. The number of aromatic amines is 1. The van der Waals surface area contributed by atoms with Crippen molar-refractivity contribution in [1.82, 2.24) is 15.5 Å². The first kappa shape index (κ1) is 8.72. The maximum atomic E-state index is 5.77. The van der Waals surface area contributed by atoms with Gasteiger partial charge >= 0.3 is 0 Å². The molecule has 0 aliphatic carbocycles. The van der Waals surface area contributed by atoms with E-state index in [9.17, 15) is 0 Å². The van der Waals surface area contributed by atoms with Gasteiger partial charge < -0.3 is 10.1 Å². The molecule has 0 radical (unpaired) electrons. The average Bonchev–Trinajstić information content (AvgIpc) is 2.53. The first-order valence-corrected chi connectivity index (χ1v) is 4.57. The standard InChI is InChI=1S/C9H15N3O/c1-7-8(5-11-12-7)9(2)6-10-3-4-13-9/h5,10H,3-4,6H2,1-2H3,(H,11,12). The molecular weight excluding hydrogens is 166 g/mol. The van der Waals surface area contributed by atoms with Gasteiger partial charge in [0.05, 0.1) is 12.8 Å². The Balaban J connectivity index is 2.27. The zero-order valence-corrected chi connectivity index (χ0v) is 8.05. The van der Waals surface area contributed by atoms with Gasteiger partial charge in [0.2, 0.25) is 0 Å². The largest absolute Gasteiger partial charge is 0.368 e. The Kier molecular flexibility index (Phi) is 2.09. The lowest BCUT2D eigenvalue weighted by Gasteiger charge is -2.34. The van der Waals surface area contributed by atoms with Crippen LogP contribution in [0.25, 0.3) is 0 Å². The lowest BCUT2D eigenvalue weighted by molar-refractivity contribution is -0.0575. The normalized spacial score (nSPS) is 29.1. The van der Waals surface area contributed by atoms with Crippen LogP contribution in [-0.2, 0) is 10.3 Å². The predicted molar refractivity (Wildman–Crippen MR) is 49.5 cm³/mol. The van der Waals surface area contributed by atoms with E-state index in [-0.39, 0.29) is 5.60 Å². The third-order valence-corrected chi connectivity index (χ3v) is 2.56. The van der Waals surface area contributed by atoms with E-state index in [1.807, 2.05) is 13.1 Å². The maximum Gasteiger partial charge on any atom is 0.106 e. The smallest absolute Gasteiger partial charge is 0.106 e. The summed E-state index contributed by atoms with van der Waals surface area (Å²) in [6.45, 7) is 6.67. The number of hydrogen-bond donors (Lipinski definition) is 2. The van der Waals surface area contributed by atoms with Crippen molar-refractivity contribution in [1.29, 1.82) is 0 Å². The first-order chi connectivity index (χ1) is 6.22. The quantitative estimate of drug-likeness (QED) is 0.665. The molecule has 0 saturated carbocycles. The summed E-state index contributed by atoms with van der Waals surface area (Å²) >= 11 is 0. The second-order valence-corrected chi connectivity index (χ2v) is 3.66. The monoisotopic (exact) mass is 181 g/mol. The molecule has 1 aromatic heterocycles. The number of aromatic nitrogens is 2. The van der Waals surface area contributed by atoms with Crippen LogP contribution in [0.2, 0.25) is 0 Å².